The van der Waals surface area contributed by atoms with Crippen LogP contribution in [0.5, 0.6) is 0 Å². The van der Waals surface area contributed by atoms with Crippen LogP contribution < -0.4 is 0 Å². The summed E-state index contributed by atoms with van der Waals surface area (Å²) in [4.78, 5) is 50.7. The molecule has 4 fully saturated rings. The summed E-state index contributed by atoms with van der Waals surface area (Å²) in [5.74, 6) is -3.97. The Bertz CT molecular complexity index is 1030. The molecule has 4 saturated heterocycles. The largest absolute Gasteiger partial charge is 0.466 e. The van der Waals surface area contributed by atoms with Crippen LogP contribution in [0.4, 0.5) is 0 Å². The minimum Gasteiger partial charge on any atom is -0.466 e. The molecule has 34 heavy (non-hydrogen) atoms. The first kappa shape index (κ1) is 23.0. The molecule has 0 aromatic rings. The van der Waals surface area contributed by atoms with E-state index >= 15 is 0 Å². The highest BCUT2D eigenvalue weighted by molar-refractivity contribution is 5.93. The quantitative estimate of drug-likeness (QED) is 0.236. The Morgan fingerprint density at radius 1 is 1.12 bits per heavy atom. The molecule has 0 aromatic heterocycles. The third-order valence-corrected chi connectivity index (χ3v) is 7.34. The SMILES string of the molecule is C=C1C(=O)O[C@H]2[C@H]1[C@H](OC(=O)[C@@]1(C)O[C@H]1C)[C@@H](OC(C)=O)/C(C(=O)OC)=C/[C@H]1O[C@H]1[C@@]1(C)O[C@H]21. The predicted octanol–water partition coefficient (Wildman–Crippen LogP) is 0.143. The normalized spacial score (nSPS) is 47.5. The van der Waals surface area contributed by atoms with Crippen LogP contribution in [-0.2, 0) is 52.3 Å². The first-order valence-electron chi connectivity index (χ1n) is 11.0. The van der Waals surface area contributed by atoms with Crippen LogP contribution in [-0.4, -0.2) is 84.9 Å². The first-order valence-corrected chi connectivity index (χ1v) is 11.0. The van der Waals surface area contributed by atoms with Crippen LogP contribution >= 0.6 is 0 Å². The molecule has 0 bridgehead atoms. The van der Waals surface area contributed by atoms with Crippen LogP contribution in [0.25, 0.3) is 0 Å². The van der Waals surface area contributed by atoms with Gasteiger partial charge in [-0.3, -0.25) is 4.79 Å². The predicted molar refractivity (Wildman–Crippen MR) is 109 cm³/mol. The van der Waals surface area contributed by atoms with Crippen LogP contribution in [0, 0.1) is 5.92 Å². The number of fused-ring (bicyclic) bond motifs is 5. The number of hydrogen-bond acceptors (Lipinski definition) is 11. The maximum atomic E-state index is 13.1. The molecule has 184 valence electrons. The van der Waals surface area contributed by atoms with E-state index in [1.807, 2.05) is 6.92 Å². The van der Waals surface area contributed by atoms with E-state index in [0.29, 0.717) is 0 Å². The molecule has 11 heteroatoms. The lowest BCUT2D eigenvalue weighted by atomic mass is 9.80. The summed E-state index contributed by atoms with van der Waals surface area (Å²) < 4.78 is 39.0. The van der Waals surface area contributed by atoms with Gasteiger partial charge in [-0.25, -0.2) is 14.4 Å². The zero-order valence-corrected chi connectivity index (χ0v) is 19.4. The van der Waals surface area contributed by atoms with E-state index in [-0.39, 0.29) is 11.1 Å². The van der Waals surface area contributed by atoms with E-state index in [9.17, 15) is 19.2 Å². The molecule has 0 saturated carbocycles. The second-order valence-corrected chi connectivity index (χ2v) is 9.55. The van der Waals surface area contributed by atoms with Crippen molar-refractivity contribution in [3.8, 4) is 0 Å². The molecule has 1 aliphatic carbocycles. The fraction of sp³-hybridized carbons (Fsp3) is 0.652. The standard InChI is InChI=1S/C23H26O11/c1-8-13-15(32-21(27)22(4)9(2)33-22)14(29-10(3)24)11(20(26)28-6)7-12-17(30-12)23(5)18(34-23)16(13)31-19(8)25/h7,9,12-18H,1H2,2-6H3/b11-7-/t9-,12+,13+,14-,15-,16-,17+,18+,22-,23+/m0/s1. The summed E-state index contributed by atoms with van der Waals surface area (Å²) in [5.41, 5.74) is -2.10. The van der Waals surface area contributed by atoms with Crippen LogP contribution in [0.2, 0.25) is 0 Å². The third-order valence-electron chi connectivity index (χ3n) is 7.34. The average molecular weight is 478 g/mol. The fourth-order valence-corrected chi connectivity index (χ4v) is 4.99. The lowest BCUT2D eigenvalue weighted by Gasteiger charge is -2.33. The van der Waals surface area contributed by atoms with Gasteiger partial charge in [0.15, 0.2) is 17.8 Å². The molecule has 10 atom stereocenters. The van der Waals surface area contributed by atoms with Gasteiger partial charge in [0.25, 0.3) is 0 Å². The van der Waals surface area contributed by atoms with Crippen LogP contribution in [0.1, 0.15) is 27.7 Å². The summed E-state index contributed by atoms with van der Waals surface area (Å²) >= 11 is 0. The molecule has 0 unspecified atom stereocenters. The zero-order chi connectivity index (χ0) is 24.7. The van der Waals surface area contributed by atoms with Gasteiger partial charge in [-0.05, 0) is 26.8 Å². The van der Waals surface area contributed by atoms with Crippen molar-refractivity contribution in [1.82, 2.24) is 0 Å². The third kappa shape index (κ3) is 3.37. The molecule has 0 amide bonds. The number of carbonyl (C=O) groups excluding carboxylic acids is 4. The highest BCUT2D eigenvalue weighted by Crippen LogP contribution is 2.56. The van der Waals surface area contributed by atoms with Crippen molar-refractivity contribution in [1.29, 1.82) is 0 Å². The molecule has 0 aromatic carbocycles. The van der Waals surface area contributed by atoms with E-state index < -0.39 is 83.7 Å². The van der Waals surface area contributed by atoms with Crippen molar-refractivity contribution in [2.75, 3.05) is 7.11 Å². The van der Waals surface area contributed by atoms with Gasteiger partial charge < -0.3 is 33.2 Å². The van der Waals surface area contributed by atoms with E-state index in [0.717, 1.165) is 6.92 Å². The number of methoxy groups -OCH3 is 1. The van der Waals surface area contributed by atoms with Gasteiger partial charge in [0.1, 0.15) is 30.0 Å². The van der Waals surface area contributed by atoms with Crippen molar-refractivity contribution in [2.24, 2.45) is 5.92 Å². The minimum atomic E-state index is -1.43. The Labute approximate surface area is 195 Å². The van der Waals surface area contributed by atoms with E-state index in [2.05, 4.69) is 6.58 Å². The molecule has 0 radical (unpaired) electrons. The molecule has 0 spiro atoms. The molecule has 4 heterocycles. The lowest BCUT2D eigenvalue weighted by molar-refractivity contribution is -0.175. The molecular formula is C23H26O11. The molecule has 5 rings (SSSR count). The Morgan fingerprint density at radius 3 is 2.38 bits per heavy atom. The number of esters is 4. The van der Waals surface area contributed by atoms with Crippen molar-refractivity contribution in [3.63, 3.8) is 0 Å². The molecular weight excluding hydrogens is 452 g/mol. The smallest absolute Gasteiger partial charge is 0.341 e. The highest BCUT2D eigenvalue weighted by atomic mass is 16.7. The average Bonchev–Trinajstić information content (AvgIpc) is 3.71. The Kier molecular flexibility index (Phi) is 4.98. The van der Waals surface area contributed by atoms with Gasteiger partial charge in [0.2, 0.25) is 0 Å². The monoisotopic (exact) mass is 478 g/mol. The van der Waals surface area contributed by atoms with Gasteiger partial charge in [0, 0.05) is 12.5 Å². The summed E-state index contributed by atoms with van der Waals surface area (Å²) in [6.07, 6.45) is -4.16. The summed E-state index contributed by atoms with van der Waals surface area (Å²) in [6, 6.07) is 0. The zero-order valence-electron chi connectivity index (χ0n) is 19.4. The van der Waals surface area contributed by atoms with Crippen molar-refractivity contribution in [3.05, 3.63) is 23.8 Å². The summed E-state index contributed by atoms with van der Waals surface area (Å²) in [7, 11) is 1.17. The van der Waals surface area contributed by atoms with Gasteiger partial charge >= 0.3 is 23.9 Å². The van der Waals surface area contributed by atoms with Gasteiger partial charge in [-0.15, -0.1) is 0 Å². The van der Waals surface area contributed by atoms with E-state index in [1.165, 1.54) is 13.2 Å². The maximum Gasteiger partial charge on any atom is 0.341 e. The van der Waals surface area contributed by atoms with E-state index in [4.69, 9.17) is 33.2 Å². The molecule has 11 nitrogen and oxygen atoms in total. The number of epoxide rings is 3. The van der Waals surface area contributed by atoms with Crippen LogP contribution in [0.3, 0.4) is 0 Å². The number of ether oxygens (including phenoxy) is 7. The second kappa shape index (κ2) is 7.37. The number of hydrogen-bond donors (Lipinski definition) is 0. The van der Waals surface area contributed by atoms with Gasteiger partial charge in [-0.2, -0.15) is 0 Å². The first-order chi connectivity index (χ1) is 15.9. The summed E-state index contributed by atoms with van der Waals surface area (Å²) in [6.45, 7) is 10.1. The fourth-order valence-electron chi connectivity index (χ4n) is 4.99. The molecule has 0 N–H and O–H groups in total. The van der Waals surface area contributed by atoms with Crippen molar-refractivity contribution in [2.45, 2.75) is 81.6 Å². The second-order valence-electron chi connectivity index (χ2n) is 9.55. The highest BCUT2D eigenvalue weighted by Gasteiger charge is 2.73. The van der Waals surface area contributed by atoms with Crippen molar-refractivity contribution < 1.29 is 52.3 Å². The van der Waals surface area contributed by atoms with Gasteiger partial charge in [0.05, 0.1) is 24.7 Å². The van der Waals surface area contributed by atoms with Crippen molar-refractivity contribution >= 4 is 23.9 Å². The topological polar surface area (TPSA) is 143 Å². The Morgan fingerprint density at radius 2 is 1.79 bits per heavy atom. The van der Waals surface area contributed by atoms with Gasteiger partial charge in [-0.1, -0.05) is 6.58 Å². The molecule has 4 aliphatic heterocycles. The number of carbonyl (C=O) groups is 4. The Hall–Kier alpha value is -2.76. The Balaban J connectivity index is 1.63. The lowest BCUT2D eigenvalue weighted by Crippen LogP contribution is -2.50. The molecule has 5 aliphatic rings. The minimum absolute atomic E-state index is 0.00535. The van der Waals surface area contributed by atoms with E-state index in [1.54, 1.807) is 13.8 Å². The number of rotatable bonds is 4. The van der Waals surface area contributed by atoms with Crippen LogP contribution in [0.15, 0.2) is 23.8 Å². The summed E-state index contributed by atoms with van der Waals surface area (Å²) in [5, 5.41) is 0. The maximum absolute atomic E-state index is 13.1.